The molecule has 0 aliphatic carbocycles. The molecule has 0 spiro atoms. The van der Waals surface area contributed by atoms with Crippen molar-refractivity contribution in [2.45, 2.75) is 18.7 Å². The van der Waals surface area contributed by atoms with Crippen LogP contribution >= 0.6 is 15.9 Å². The molecule has 6 heteroatoms. The van der Waals surface area contributed by atoms with Gasteiger partial charge in [0, 0.05) is 11.0 Å². The van der Waals surface area contributed by atoms with Gasteiger partial charge in [0.25, 0.3) is 10.0 Å². The first kappa shape index (κ1) is 15.9. The average Bonchev–Trinajstić information content (AvgIpc) is 2.42. The Morgan fingerprint density at radius 2 is 1.71 bits per heavy atom. The van der Waals surface area contributed by atoms with E-state index < -0.39 is 10.0 Å². The largest absolute Gasteiger partial charge is 0.384 e. The van der Waals surface area contributed by atoms with E-state index in [1.807, 2.05) is 26.0 Å². The van der Waals surface area contributed by atoms with E-state index in [0.717, 1.165) is 15.7 Å². The van der Waals surface area contributed by atoms with Gasteiger partial charge < -0.3 is 5.32 Å². The third-order valence-corrected chi connectivity index (χ3v) is 4.80. The number of benzene rings is 2. The summed E-state index contributed by atoms with van der Waals surface area (Å²) in [6.45, 7) is 4.59. The molecule has 0 saturated carbocycles. The van der Waals surface area contributed by atoms with Gasteiger partial charge in [-0.05, 0) is 44.2 Å². The molecule has 0 unspecified atom stereocenters. The van der Waals surface area contributed by atoms with Crippen molar-refractivity contribution in [2.75, 3.05) is 16.6 Å². The first-order valence-corrected chi connectivity index (χ1v) is 8.83. The van der Waals surface area contributed by atoms with Crippen LogP contribution in [0, 0.1) is 6.92 Å². The zero-order chi connectivity index (χ0) is 15.5. The Labute approximate surface area is 133 Å². The van der Waals surface area contributed by atoms with Crippen molar-refractivity contribution < 1.29 is 8.42 Å². The third-order valence-electron chi connectivity index (χ3n) is 2.92. The van der Waals surface area contributed by atoms with Gasteiger partial charge in [0.05, 0.1) is 16.3 Å². The van der Waals surface area contributed by atoms with Gasteiger partial charge in [-0.15, -0.1) is 0 Å². The summed E-state index contributed by atoms with van der Waals surface area (Å²) in [5, 5.41) is 3.14. The van der Waals surface area contributed by atoms with Gasteiger partial charge >= 0.3 is 0 Å². The summed E-state index contributed by atoms with van der Waals surface area (Å²) in [6.07, 6.45) is 0. The molecule has 0 heterocycles. The molecule has 2 aromatic rings. The van der Waals surface area contributed by atoms with Gasteiger partial charge in [0.15, 0.2) is 0 Å². The number of nitrogens with one attached hydrogen (secondary N) is 2. The topological polar surface area (TPSA) is 58.2 Å². The van der Waals surface area contributed by atoms with Gasteiger partial charge in [-0.25, -0.2) is 8.42 Å². The fourth-order valence-electron chi connectivity index (χ4n) is 1.87. The van der Waals surface area contributed by atoms with Crippen molar-refractivity contribution in [3.8, 4) is 0 Å². The van der Waals surface area contributed by atoms with Crippen LogP contribution in [-0.4, -0.2) is 15.0 Å². The Bertz CT molecular complexity index is 728. The van der Waals surface area contributed by atoms with Crippen molar-refractivity contribution >= 4 is 37.3 Å². The zero-order valence-corrected chi connectivity index (χ0v) is 14.3. The minimum Gasteiger partial charge on any atom is -0.384 e. The number of hydrogen-bond acceptors (Lipinski definition) is 3. The number of halogens is 1. The molecule has 0 fully saturated rings. The number of rotatable bonds is 5. The van der Waals surface area contributed by atoms with Crippen LogP contribution < -0.4 is 10.0 Å². The summed E-state index contributed by atoms with van der Waals surface area (Å²) in [5.74, 6) is 0. The Morgan fingerprint density at radius 3 is 2.33 bits per heavy atom. The standard InChI is InChI=1S/C15H17BrN2O2S/c1-3-17-14-9-6-12(16)10-15(14)18-21(19,20)13-7-4-11(2)5-8-13/h4-10,17-18H,3H2,1-2H3. The maximum absolute atomic E-state index is 12.4. The van der Waals surface area contributed by atoms with E-state index in [-0.39, 0.29) is 4.90 Å². The molecule has 0 aliphatic rings. The van der Waals surface area contributed by atoms with Gasteiger partial charge in [0.1, 0.15) is 0 Å². The van der Waals surface area contributed by atoms with Gasteiger partial charge in [-0.2, -0.15) is 0 Å². The van der Waals surface area contributed by atoms with Crippen LogP contribution in [0.2, 0.25) is 0 Å². The van der Waals surface area contributed by atoms with Crippen LogP contribution in [0.4, 0.5) is 11.4 Å². The molecular formula is C15H17BrN2O2S. The summed E-state index contributed by atoms with van der Waals surface area (Å²) in [4.78, 5) is 0.246. The highest BCUT2D eigenvalue weighted by molar-refractivity contribution is 9.10. The maximum atomic E-state index is 12.4. The monoisotopic (exact) mass is 368 g/mol. The number of anilines is 2. The zero-order valence-electron chi connectivity index (χ0n) is 11.9. The SMILES string of the molecule is CCNc1ccc(Br)cc1NS(=O)(=O)c1ccc(C)cc1. The van der Waals surface area contributed by atoms with Crippen LogP contribution in [-0.2, 0) is 10.0 Å². The van der Waals surface area contributed by atoms with Crippen molar-refractivity contribution in [3.05, 3.63) is 52.5 Å². The van der Waals surface area contributed by atoms with Crippen molar-refractivity contribution in [1.82, 2.24) is 0 Å². The molecule has 112 valence electrons. The molecule has 4 nitrogen and oxygen atoms in total. The maximum Gasteiger partial charge on any atom is 0.261 e. The van der Waals surface area contributed by atoms with Gasteiger partial charge in [-0.3, -0.25) is 4.72 Å². The lowest BCUT2D eigenvalue weighted by Gasteiger charge is -2.14. The first-order valence-electron chi connectivity index (χ1n) is 6.55. The highest BCUT2D eigenvalue weighted by atomic mass is 79.9. The van der Waals surface area contributed by atoms with E-state index in [0.29, 0.717) is 12.2 Å². The third kappa shape index (κ3) is 3.98. The predicted molar refractivity (Wildman–Crippen MR) is 90.3 cm³/mol. The lowest BCUT2D eigenvalue weighted by atomic mass is 10.2. The summed E-state index contributed by atoms with van der Waals surface area (Å²) >= 11 is 3.36. The number of hydrogen-bond donors (Lipinski definition) is 2. The highest BCUT2D eigenvalue weighted by Crippen LogP contribution is 2.28. The molecule has 0 bridgehead atoms. The Morgan fingerprint density at radius 1 is 1.05 bits per heavy atom. The van der Waals surface area contributed by atoms with E-state index in [2.05, 4.69) is 26.0 Å². The van der Waals surface area contributed by atoms with Gasteiger partial charge in [0.2, 0.25) is 0 Å². The lowest BCUT2D eigenvalue weighted by Crippen LogP contribution is -2.14. The van der Waals surface area contributed by atoms with Crippen LogP contribution in [0.15, 0.2) is 51.8 Å². The molecule has 2 N–H and O–H groups in total. The van der Waals surface area contributed by atoms with E-state index in [4.69, 9.17) is 0 Å². The average molecular weight is 369 g/mol. The second kappa shape index (κ2) is 6.49. The second-order valence-corrected chi connectivity index (χ2v) is 7.24. The summed E-state index contributed by atoms with van der Waals surface area (Å²) in [5.41, 5.74) is 2.29. The fourth-order valence-corrected chi connectivity index (χ4v) is 3.30. The molecule has 0 saturated heterocycles. The van der Waals surface area contributed by atoms with Crippen molar-refractivity contribution in [3.63, 3.8) is 0 Å². The molecule has 0 amide bonds. The second-order valence-electron chi connectivity index (χ2n) is 4.64. The number of aryl methyl sites for hydroxylation is 1. The number of sulfonamides is 1. The fraction of sp³-hybridized carbons (Fsp3) is 0.200. The highest BCUT2D eigenvalue weighted by Gasteiger charge is 2.16. The van der Waals surface area contributed by atoms with Crippen molar-refractivity contribution in [1.29, 1.82) is 0 Å². The van der Waals surface area contributed by atoms with Crippen molar-refractivity contribution in [2.24, 2.45) is 0 Å². The van der Waals surface area contributed by atoms with E-state index in [1.165, 1.54) is 0 Å². The van der Waals surface area contributed by atoms with E-state index in [1.54, 1.807) is 30.3 Å². The summed E-state index contributed by atoms with van der Waals surface area (Å²) < 4.78 is 28.3. The molecule has 2 rings (SSSR count). The first-order chi connectivity index (χ1) is 9.92. The minimum atomic E-state index is -3.60. The minimum absolute atomic E-state index is 0.246. The lowest BCUT2D eigenvalue weighted by molar-refractivity contribution is 0.601. The Kier molecular flexibility index (Phi) is 4.90. The van der Waals surface area contributed by atoms with E-state index >= 15 is 0 Å². The molecule has 0 aromatic heterocycles. The Hall–Kier alpha value is -1.53. The molecule has 0 atom stereocenters. The predicted octanol–water partition coefficient (Wildman–Crippen LogP) is 3.99. The molecule has 0 aliphatic heterocycles. The van der Waals surface area contributed by atoms with E-state index in [9.17, 15) is 8.42 Å². The van der Waals surface area contributed by atoms with Crippen LogP contribution in [0.5, 0.6) is 0 Å². The smallest absolute Gasteiger partial charge is 0.261 e. The normalized spacial score (nSPS) is 11.2. The molecule has 0 radical (unpaired) electrons. The quantitative estimate of drug-likeness (QED) is 0.838. The molecule has 2 aromatic carbocycles. The molecular weight excluding hydrogens is 352 g/mol. The van der Waals surface area contributed by atoms with Crippen LogP contribution in [0.3, 0.4) is 0 Å². The summed E-state index contributed by atoms with van der Waals surface area (Å²) in [6, 6.07) is 12.2. The van der Waals surface area contributed by atoms with Crippen LogP contribution in [0.25, 0.3) is 0 Å². The van der Waals surface area contributed by atoms with Gasteiger partial charge in [-0.1, -0.05) is 33.6 Å². The molecule has 21 heavy (non-hydrogen) atoms. The summed E-state index contributed by atoms with van der Waals surface area (Å²) in [7, 11) is -3.60. The van der Waals surface area contributed by atoms with Crippen LogP contribution in [0.1, 0.15) is 12.5 Å². The Balaban J connectivity index is 2.36.